The molecule has 2 rings (SSSR count). The molecule has 0 atom stereocenters. The second-order valence-electron chi connectivity index (χ2n) is 6.18. The van der Waals surface area contributed by atoms with Crippen LogP contribution in [0, 0.1) is 5.92 Å². The van der Waals surface area contributed by atoms with Crippen molar-refractivity contribution in [1.82, 2.24) is 15.5 Å². The summed E-state index contributed by atoms with van der Waals surface area (Å²) in [7, 11) is 0. The Morgan fingerprint density at radius 2 is 1.91 bits per heavy atom. The molecule has 2 N–H and O–H groups in total. The first-order valence-corrected chi connectivity index (χ1v) is 8.35. The van der Waals surface area contributed by atoms with Crippen molar-refractivity contribution >= 4 is 23.2 Å². The summed E-state index contributed by atoms with van der Waals surface area (Å²) in [6.07, 6.45) is 1.87. The quantitative estimate of drug-likeness (QED) is 0.837. The lowest BCUT2D eigenvalue weighted by Crippen LogP contribution is -2.49. The maximum absolute atomic E-state index is 12.1. The van der Waals surface area contributed by atoms with Gasteiger partial charge in [0.1, 0.15) is 0 Å². The number of nitrogens with one attached hydrogen (secondary N) is 2. The predicted octanol–water partition coefficient (Wildman–Crippen LogP) is 2.41. The molecule has 0 bridgehead atoms. The van der Waals surface area contributed by atoms with E-state index >= 15 is 0 Å². The summed E-state index contributed by atoms with van der Waals surface area (Å²) >= 11 is 5.42. The Labute approximate surface area is 138 Å². The van der Waals surface area contributed by atoms with Gasteiger partial charge in [0.2, 0.25) is 0 Å². The normalized spacial score (nSPS) is 15.7. The van der Waals surface area contributed by atoms with Crippen LogP contribution in [0.4, 0.5) is 0 Å². The second-order valence-corrected chi connectivity index (χ2v) is 6.57. The zero-order valence-corrected chi connectivity index (χ0v) is 14.2. The number of benzene rings is 1. The molecule has 1 aliphatic rings. The summed E-state index contributed by atoms with van der Waals surface area (Å²) in [6.45, 7) is 7.03. The first-order chi connectivity index (χ1) is 10.6. The van der Waals surface area contributed by atoms with Crippen LogP contribution < -0.4 is 10.6 Å². The minimum atomic E-state index is 0.0135. The van der Waals surface area contributed by atoms with E-state index in [0.717, 1.165) is 43.2 Å². The van der Waals surface area contributed by atoms with Gasteiger partial charge in [-0.2, -0.15) is 0 Å². The fourth-order valence-corrected chi connectivity index (χ4v) is 2.75. The first kappa shape index (κ1) is 16.7. The van der Waals surface area contributed by atoms with Crippen molar-refractivity contribution in [1.29, 1.82) is 0 Å². The Morgan fingerprint density at radius 3 is 2.50 bits per heavy atom. The molecule has 1 aromatic carbocycles. The van der Waals surface area contributed by atoms with Gasteiger partial charge in [-0.1, -0.05) is 32.0 Å². The van der Waals surface area contributed by atoms with Gasteiger partial charge >= 0.3 is 0 Å². The number of thiocarbonyl (C=S) groups is 1. The minimum Gasteiger partial charge on any atom is -0.362 e. The third kappa shape index (κ3) is 4.98. The zero-order valence-electron chi connectivity index (χ0n) is 13.3. The molecule has 1 aliphatic heterocycles. The standard InChI is InChI=1S/C17H25N3OS/c1-13(2)12-18-17(22)20-10-8-15(9-11-20)19-16(21)14-6-4-3-5-7-14/h3-7,13,15H,8-12H2,1-2H3,(H,18,22)(H,19,21). The molecule has 0 saturated carbocycles. The topological polar surface area (TPSA) is 44.4 Å². The molecule has 4 nitrogen and oxygen atoms in total. The van der Waals surface area contributed by atoms with Crippen molar-refractivity contribution in [2.75, 3.05) is 19.6 Å². The fourth-order valence-electron chi connectivity index (χ4n) is 2.49. The van der Waals surface area contributed by atoms with E-state index in [-0.39, 0.29) is 11.9 Å². The SMILES string of the molecule is CC(C)CNC(=S)N1CCC(NC(=O)c2ccccc2)CC1. The first-order valence-electron chi connectivity index (χ1n) is 7.95. The summed E-state index contributed by atoms with van der Waals surface area (Å²) in [4.78, 5) is 14.3. The van der Waals surface area contributed by atoms with E-state index < -0.39 is 0 Å². The number of nitrogens with zero attached hydrogens (tertiary/aromatic N) is 1. The molecular formula is C17H25N3OS. The molecule has 0 unspecified atom stereocenters. The summed E-state index contributed by atoms with van der Waals surface area (Å²) < 4.78 is 0. The molecule has 0 aromatic heterocycles. The van der Waals surface area contributed by atoms with E-state index in [1.165, 1.54) is 0 Å². The number of amides is 1. The Balaban J connectivity index is 1.75. The summed E-state index contributed by atoms with van der Waals surface area (Å²) in [5.41, 5.74) is 0.721. The van der Waals surface area contributed by atoms with Crippen LogP contribution in [-0.4, -0.2) is 41.6 Å². The summed E-state index contributed by atoms with van der Waals surface area (Å²) in [5.74, 6) is 0.597. The second kappa shape index (κ2) is 8.13. The number of piperidine rings is 1. The number of hydrogen-bond acceptors (Lipinski definition) is 2. The van der Waals surface area contributed by atoms with Gasteiger partial charge in [0.15, 0.2) is 5.11 Å². The van der Waals surface area contributed by atoms with Crippen molar-refractivity contribution in [3.8, 4) is 0 Å². The van der Waals surface area contributed by atoms with Gasteiger partial charge in [-0.15, -0.1) is 0 Å². The van der Waals surface area contributed by atoms with E-state index in [0.29, 0.717) is 5.92 Å². The Hall–Kier alpha value is -1.62. The molecule has 1 fully saturated rings. The van der Waals surface area contributed by atoms with Crippen molar-refractivity contribution in [3.05, 3.63) is 35.9 Å². The van der Waals surface area contributed by atoms with Crippen LogP contribution in [0.25, 0.3) is 0 Å². The van der Waals surface area contributed by atoms with Crippen LogP contribution in [-0.2, 0) is 0 Å². The van der Waals surface area contributed by atoms with Gasteiger partial charge in [0, 0.05) is 31.2 Å². The van der Waals surface area contributed by atoms with Crippen LogP contribution in [0.1, 0.15) is 37.0 Å². The lowest BCUT2D eigenvalue weighted by molar-refractivity contribution is 0.0922. The number of rotatable bonds is 4. The largest absolute Gasteiger partial charge is 0.362 e. The Kier molecular flexibility index (Phi) is 6.19. The molecule has 1 heterocycles. The number of carbonyl (C=O) groups excluding carboxylic acids is 1. The van der Waals surface area contributed by atoms with Crippen LogP contribution in [0.15, 0.2) is 30.3 Å². The highest BCUT2D eigenvalue weighted by Crippen LogP contribution is 2.12. The van der Waals surface area contributed by atoms with E-state index in [1.807, 2.05) is 30.3 Å². The van der Waals surface area contributed by atoms with Gasteiger partial charge in [-0.05, 0) is 43.1 Å². The number of hydrogen-bond donors (Lipinski definition) is 2. The van der Waals surface area contributed by atoms with Gasteiger partial charge in [0.05, 0.1) is 0 Å². The molecule has 120 valence electrons. The molecular weight excluding hydrogens is 294 g/mol. The average molecular weight is 319 g/mol. The summed E-state index contributed by atoms with van der Waals surface area (Å²) in [5, 5.41) is 7.25. The maximum Gasteiger partial charge on any atom is 0.251 e. The summed E-state index contributed by atoms with van der Waals surface area (Å²) in [6, 6.07) is 9.61. The van der Waals surface area contributed by atoms with E-state index in [4.69, 9.17) is 12.2 Å². The van der Waals surface area contributed by atoms with Crippen LogP contribution >= 0.6 is 12.2 Å². The predicted molar refractivity (Wildman–Crippen MR) is 93.9 cm³/mol. The lowest BCUT2D eigenvalue weighted by Gasteiger charge is -2.34. The molecule has 1 aromatic rings. The van der Waals surface area contributed by atoms with Crippen molar-refractivity contribution in [2.24, 2.45) is 5.92 Å². The monoisotopic (exact) mass is 319 g/mol. The number of likely N-dealkylation sites (tertiary alicyclic amines) is 1. The van der Waals surface area contributed by atoms with E-state index in [2.05, 4.69) is 29.4 Å². The fraction of sp³-hybridized carbons (Fsp3) is 0.529. The highest BCUT2D eigenvalue weighted by molar-refractivity contribution is 7.80. The van der Waals surface area contributed by atoms with Gasteiger partial charge in [0.25, 0.3) is 5.91 Å². The highest BCUT2D eigenvalue weighted by Gasteiger charge is 2.22. The zero-order chi connectivity index (χ0) is 15.9. The molecule has 1 saturated heterocycles. The number of carbonyl (C=O) groups is 1. The average Bonchev–Trinajstić information content (AvgIpc) is 2.54. The molecule has 0 aliphatic carbocycles. The smallest absolute Gasteiger partial charge is 0.251 e. The lowest BCUT2D eigenvalue weighted by atomic mass is 10.0. The van der Waals surface area contributed by atoms with Crippen molar-refractivity contribution < 1.29 is 4.79 Å². The Morgan fingerprint density at radius 1 is 1.27 bits per heavy atom. The van der Waals surface area contributed by atoms with Gasteiger partial charge in [-0.3, -0.25) is 4.79 Å². The van der Waals surface area contributed by atoms with Crippen molar-refractivity contribution in [2.45, 2.75) is 32.7 Å². The molecule has 0 radical (unpaired) electrons. The third-order valence-electron chi connectivity index (χ3n) is 3.81. The molecule has 1 amide bonds. The maximum atomic E-state index is 12.1. The van der Waals surface area contributed by atoms with Crippen LogP contribution in [0.2, 0.25) is 0 Å². The Bertz CT molecular complexity index is 496. The molecule has 5 heteroatoms. The van der Waals surface area contributed by atoms with Crippen molar-refractivity contribution in [3.63, 3.8) is 0 Å². The minimum absolute atomic E-state index is 0.0135. The van der Waals surface area contributed by atoms with Gasteiger partial charge in [-0.25, -0.2) is 0 Å². The van der Waals surface area contributed by atoms with Crippen LogP contribution in [0.5, 0.6) is 0 Å². The highest BCUT2D eigenvalue weighted by atomic mass is 32.1. The van der Waals surface area contributed by atoms with E-state index in [9.17, 15) is 4.79 Å². The molecule has 0 spiro atoms. The third-order valence-corrected chi connectivity index (χ3v) is 4.22. The van der Waals surface area contributed by atoms with E-state index in [1.54, 1.807) is 0 Å². The molecule has 22 heavy (non-hydrogen) atoms. The van der Waals surface area contributed by atoms with Crippen LogP contribution in [0.3, 0.4) is 0 Å². The van der Waals surface area contributed by atoms with Gasteiger partial charge < -0.3 is 15.5 Å².